The van der Waals surface area contributed by atoms with Crippen molar-refractivity contribution in [2.75, 3.05) is 0 Å². The highest BCUT2D eigenvalue weighted by Gasteiger charge is 2.32. The highest BCUT2D eigenvalue weighted by molar-refractivity contribution is 6.67. The van der Waals surface area contributed by atoms with Crippen LogP contribution in [-0.4, -0.2) is 6.71 Å². The van der Waals surface area contributed by atoms with Crippen LogP contribution in [0, 0.1) is 0 Å². The van der Waals surface area contributed by atoms with Gasteiger partial charge in [-0.05, 0) is 0 Å². The summed E-state index contributed by atoms with van der Waals surface area (Å²) in [4.78, 5) is 0. The van der Waals surface area contributed by atoms with Gasteiger partial charge in [-0.1, -0.05) is 88.4 Å². The van der Waals surface area contributed by atoms with Gasteiger partial charge in [-0.25, -0.2) is 0 Å². The van der Waals surface area contributed by atoms with Gasteiger partial charge in [0.2, 0.25) is 0 Å². The lowest BCUT2D eigenvalue weighted by atomic mass is 9.30. The molecule has 2 aliphatic carbocycles. The molecule has 0 nitrogen and oxygen atoms in total. The molecule has 0 atom stereocenters. The minimum atomic E-state index is 0.804. The van der Waals surface area contributed by atoms with Gasteiger partial charge in [-0.2, -0.15) is 0 Å². The largest absolute Gasteiger partial charge is 0.182 e. The molecule has 2 fully saturated rings. The quantitative estimate of drug-likeness (QED) is 0.458. The van der Waals surface area contributed by atoms with Crippen molar-refractivity contribution in [1.82, 2.24) is 0 Å². The molecule has 0 aromatic carbocycles. The van der Waals surface area contributed by atoms with Gasteiger partial charge < -0.3 is 0 Å². The summed E-state index contributed by atoms with van der Waals surface area (Å²) in [6.07, 6.45) is 14.6. The van der Waals surface area contributed by atoms with Crippen LogP contribution < -0.4 is 0 Å². The Hall–Kier alpha value is -0.415. The fraction of sp³-hybridized carbons (Fsp3) is 0.800. The van der Waals surface area contributed by atoms with Crippen LogP contribution in [0.3, 0.4) is 0 Å². The lowest BCUT2D eigenvalue weighted by Crippen LogP contribution is -2.28. The van der Waals surface area contributed by atoms with Crippen LogP contribution >= 0.6 is 0 Å². The van der Waals surface area contributed by atoms with Crippen LogP contribution in [0.4, 0.5) is 0 Å². The predicted octanol–water partition coefficient (Wildman–Crippen LogP) is 5.03. The van der Waals surface area contributed by atoms with Gasteiger partial charge in [0.15, 0.2) is 6.71 Å². The van der Waals surface area contributed by atoms with E-state index in [9.17, 15) is 0 Å². The van der Waals surface area contributed by atoms with Crippen molar-refractivity contribution < 1.29 is 0 Å². The monoisotopic (exact) mass is 216 g/mol. The summed E-state index contributed by atoms with van der Waals surface area (Å²) < 4.78 is 0. The molecule has 0 N–H and O–H groups in total. The van der Waals surface area contributed by atoms with Crippen LogP contribution in [0.25, 0.3) is 0 Å². The minimum absolute atomic E-state index is 0.804. The van der Waals surface area contributed by atoms with Gasteiger partial charge in [0.25, 0.3) is 0 Å². The van der Waals surface area contributed by atoms with E-state index in [1.54, 1.807) is 0 Å². The molecular weight excluding hydrogens is 191 g/mol. The zero-order chi connectivity index (χ0) is 11.2. The molecule has 0 heterocycles. The van der Waals surface area contributed by atoms with Crippen LogP contribution in [0.15, 0.2) is 18.3 Å². The maximum absolute atomic E-state index is 3.81. The van der Waals surface area contributed by atoms with E-state index in [2.05, 4.69) is 18.3 Å². The van der Waals surface area contributed by atoms with E-state index >= 15 is 0 Å². The van der Waals surface area contributed by atoms with Crippen LogP contribution in [-0.2, 0) is 0 Å². The molecule has 2 rings (SSSR count). The van der Waals surface area contributed by atoms with Crippen LogP contribution in [0.5, 0.6) is 0 Å². The molecule has 16 heavy (non-hydrogen) atoms. The first kappa shape index (κ1) is 12.1. The molecular formula is C15H25B. The Labute approximate surface area is 101 Å². The van der Waals surface area contributed by atoms with Crippen LogP contribution in [0.2, 0.25) is 11.6 Å². The lowest BCUT2D eigenvalue weighted by Gasteiger charge is -2.33. The maximum atomic E-state index is 3.81. The average molecular weight is 216 g/mol. The van der Waals surface area contributed by atoms with E-state index in [0.717, 1.165) is 18.3 Å². The number of hydrogen-bond donors (Lipinski definition) is 0. The molecule has 1 heteroatoms. The van der Waals surface area contributed by atoms with E-state index in [4.69, 9.17) is 0 Å². The van der Waals surface area contributed by atoms with E-state index in [-0.39, 0.29) is 0 Å². The molecule has 0 aromatic heterocycles. The topological polar surface area (TPSA) is 0 Å². The molecule has 0 saturated heterocycles. The zero-order valence-corrected chi connectivity index (χ0v) is 10.6. The molecule has 0 radical (unpaired) electrons. The predicted molar refractivity (Wildman–Crippen MR) is 73.1 cm³/mol. The summed E-state index contributed by atoms with van der Waals surface area (Å²) in [5.41, 5.74) is 3.09. The lowest BCUT2D eigenvalue weighted by molar-refractivity contribution is 0.464. The molecule has 0 unspecified atom stereocenters. The Morgan fingerprint density at radius 3 is 1.62 bits per heavy atom. The summed E-state index contributed by atoms with van der Waals surface area (Å²) in [6, 6.07) is 0. The van der Waals surface area contributed by atoms with Gasteiger partial charge in [0, 0.05) is 0 Å². The van der Waals surface area contributed by atoms with Gasteiger partial charge in [-0.3, -0.25) is 0 Å². The molecule has 0 amide bonds. The highest BCUT2D eigenvalue weighted by Crippen LogP contribution is 2.41. The Balaban J connectivity index is 1.99. The van der Waals surface area contributed by atoms with Crippen molar-refractivity contribution in [3.63, 3.8) is 0 Å². The Morgan fingerprint density at radius 2 is 1.25 bits per heavy atom. The van der Waals surface area contributed by atoms with Gasteiger partial charge >= 0.3 is 0 Å². The van der Waals surface area contributed by atoms with Crippen molar-refractivity contribution in [3.05, 3.63) is 18.3 Å². The maximum Gasteiger partial charge on any atom is 0.182 e. The average Bonchev–Trinajstić information content (AvgIpc) is 2.38. The third-order valence-electron chi connectivity index (χ3n) is 4.70. The summed E-state index contributed by atoms with van der Waals surface area (Å²) in [5.74, 6) is 4.21. The third-order valence-corrected chi connectivity index (χ3v) is 4.70. The Morgan fingerprint density at radius 1 is 0.812 bits per heavy atom. The van der Waals surface area contributed by atoms with Crippen molar-refractivity contribution in [3.8, 4) is 0 Å². The molecule has 0 spiro atoms. The van der Waals surface area contributed by atoms with Gasteiger partial charge in [0.1, 0.15) is 0 Å². The second-order valence-electron chi connectivity index (χ2n) is 5.74. The van der Waals surface area contributed by atoms with Gasteiger partial charge in [-0.15, -0.1) is 5.73 Å². The third kappa shape index (κ3) is 3.04. The second-order valence-corrected chi connectivity index (χ2v) is 5.74. The minimum Gasteiger partial charge on any atom is -0.143 e. The van der Waals surface area contributed by atoms with E-state index < -0.39 is 0 Å². The standard InChI is InChI=1S/C15H25B/c1-2-13-16(14-9-5-3-6-10-14)15-11-7-4-8-12-15/h13-15H,1,3-12H2. The molecule has 0 aromatic rings. The molecule has 0 bridgehead atoms. The van der Waals surface area contributed by atoms with E-state index in [1.807, 2.05) is 0 Å². The number of rotatable bonds is 3. The van der Waals surface area contributed by atoms with Crippen molar-refractivity contribution in [2.24, 2.45) is 0 Å². The first-order valence-electron chi connectivity index (χ1n) is 7.28. The SMILES string of the molecule is C=C=CB(C1CCCCC1)C1CCCCC1. The molecule has 88 valence electrons. The summed E-state index contributed by atoms with van der Waals surface area (Å²) in [7, 11) is 0. The summed E-state index contributed by atoms with van der Waals surface area (Å²) >= 11 is 0. The zero-order valence-electron chi connectivity index (χ0n) is 10.6. The first-order valence-corrected chi connectivity index (χ1v) is 7.28. The second kappa shape index (κ2) is 6.35. The molecule has 2 saturated carbocycles. The van der Waals surface area contributed by atoms with Crippen molar-refractivity contribution in [1.29, 1.82) is 0 Å². The Kier molecular flexibility index (Phi) is 4.79. The van der Waals surface area contributed by atoms with E-state index in [0.29, 0.717) is 0 Å². The van der Waals surface area contributed by atoms with E-state index in [1.165, 1.54) is 64.2 Å². The fourth-order valence-corrected chi connectivity index (χ4v) is 3.83. The first-order chi connectivity index (χ1) is 7.92. The number of hydrogen-bond acceptors (Lipinski definition) is 0. The normalized spacial score (nSPS) is 23.8. The van der Waals surface area contributed by atoms with Gasteiger partial charge in [0.05, 0.1) is 0 Å². The molecule has 0 aliphatic heterocycles. The smallest absolute Gasteiger partial charge is 0.143 e. The van der Waals surface area contributed by atoms with Crippen LogP contribution in [0.1, 0.15) is 64.2 Å². The summed E-state index contributed by atoms with van der Waals surface area (Å²) in [5, 5.41) is 0. The van der Waals surface area contributed by atoms with Crippen molar-refractivity contribution >= 4 is 6.71 Å². The molecule has 2 aliphatic rings. The summed E-state index contributed by atoms with van der Waals surface area (Å²) in [6.45, 7) is 4.61. The fourth-order valence-electron chi connectivity index (χ4n) is 3.83. The van der Waals surface area contributed by atoms with Crippen molar-refractivity contribution in [2.45, 2.75) is 75.8 Å². The highest BCUT2D eigenvalue weighted by atomic mass is 14.2. The Bertz CT molecular complexity index is 222.